The van der Waals surface area contributed by atoms with Crippen molar-refractivity contribution in [3.63, 3.8) is 0 Å². The third-order valence-electron chi connectivity index (χ3n) is 3.33. The van der Waals surface area contributed by atoms with Gasteiger partial charge in [-0.1, -0.05) is 23.4 Å². The van der Waals surface area contributed by atoms with Crippen molar-refractivity contribution in [2.75, 3.05) is 16.9 Å². The Hall–Kier alpha value is -1.97. The lowest BCUT2D eigenvalue weighted by molar-refractivity contribution is -0.137. The molecule has 2 N–H and O–H groups in total. The van der Waals surface area contributed by atoms with E-state index in [2.05, 4.69) is 15.6 Å². The van der Waals surface area contributed by atoms with Gasteiger partial charge in [0, 0.05) is 11.4 Å². The van der Waals surface area contributed by atoms with E-state index in [4.69, 9.17) is 11.6 Å². The number of fused-ring (bicyclic) bond motifs is 1. The number of thiazole rings is 1. The van der Waals surface area contributed by atoms with E-state index in [-0.39, 0.29) is 5.69 Å². The lowest BCUT2D eigenvalue weighted by Gasteiger charge is -2.12. The van der Waals surface area contributed by atoms with Gasteiger partial charge in [0.05, 0.1) is 20.8 Å². The zero-order valence-electron chi connectivity index (χ0n) is 13.1. The standard InChI is InChI=1S/C16H11ClF3N3OS2/c1-25-15-23-12-5-3-9(7-13(12)26-15)22-14(24)21-8-2-4-11(17)10(6-8)16(18,19)20/h2-7H,1H3,(H2,21,22,24). The van der Waals surface area contributed by atoms with E-state index in [1.165, 1.54) is 29.2 Å². The normalized spacial score (nSPS) is 11.6. The van der Waals surface area contributed by atoms with Gasteiger partial charge in [0.2, 0.25) is 0 Å². The Kier molecular flexibility index (Phi) is 5.31. The smallest absolute Gasteiger partial charge is 0.308 e. The van der Waals surface area contributed by atoms with Crippen LogP contribution in [0.4, 0.5) is 29.3 Å². The largest absolute Gasteiger partial charge is 0.417 e. The minimum absolute atomic E-state index is 0.0113. The van der Waals surface area contributed by atoms with Crippen LogP contribution in [0.2, 0.25) is 5.02 Å². The Labute approximate surface area is 159 Å². The Balaban J connectivity index is 1.75. The number of aromatic nitrogens is 1. The molecule has 0 bridgehead atoms. The molecule has 0 saturated heterocycles. The molecule has 0 radical (unpaired) electrons. The fourth-order valence-corrected chi connectivity index (χ4v) is 3.94. The SMILES string of the molecule is CSc1nc2ccc(NC(=O)Nc3ccc(Cl)c(C(F)(F)F)c3)cc2s1. The van der Waals surface area contributed by atoms with E-state index in [1.54, 1.807) is 18.2 Å². The van der Waals surface area contributed by atoms with Crippen LogP contribution in [0.3, 0.4) is 0 Å². The van der Waals surface area contributed by atoms with E-state index in [0.717, 1.165) is 26.7 Å². The highest BCUT2D eigenvalue weighted by Gasteiger charge is 2.33. The van der Waals surface area contributed by atoms with Crippen LogP contribution in [-0.2, 0) is 6.18 Å². The minimum Gasteiger partial charge on any atom is -0.308 e. The maximum atomic E-state index is 12.9. The molecular formula is C16H11ClF3N3OS2. The summed E-state index contributed by atoms with van der Waals surface area (Å²) in [6.45, 7) is 0. The average Bonchev–Trinajstić information content (AvgIpc) is 2.98. The first-order chi connectivity index (χ1) is 12.3. The number of alkyl halides is 3. The first-order valence-corrected chi connectivity index (χ1v) is 9.57. The lowest BCUT2D eigenvalue weighted by atomic mass is 10.2. The number of halogens is 4. The van der Waals surface area contributed by atoms with Gasteiger partial charge >= 0.3 is 12.2 Å². The Morgan fingerprint density at radius 1 is 1.15 bits per heavy atom. The van der Waals surface area contributed by atoms with Crippen molar-refractivity contribution in [2.45, 2.75) is 10.5 Å². The summed E-state index contributed by atoms with van der Waals surface area (Å²) in [6, 6.07) is 7.73. The molecular weight excluding hydrogens is 407 g/mol. The highest BCUT2D eigenvalue weighted by atomic mass is 35.5. The highest BCUT2D eigenvalue weighted by Crippen LogP contribution is 2.36. The molecule has 0 spiro atoms. The summed E-state index contributed by atoms with van der Waals surface area (Å²) in [7, 11) is 0. The minimum atomic E-state index is -4.60. The lowest BCUT2D eigenvalue weighted by Crippen LogP contribution is -2.19. The molecule has 0 atom stereocenters. The zero-order valence-corrected chi connectivity index (χ0v) is 15.5. The van der Waals surface area contributed by atoms with Crippen molar-refractivity contribution >= 4 is 62.3 Å². The maximum Gasteiger partial charge on any atom is 0.417 e. The van der Waals surface area contributed by atoms with E-state index >= 15 is 0 Å². The van der Waals surface area contributed by atoms with Gasteiger partial charge in [0.15, 0.2) is 4.34 Å². The van der Waals surface area contributed by atoms with Gasteiger partial charge in [-0.25, -0.2) is 9.78 Å². The second-order valence-corrected chi connectivity index (χ2v) is 7.63. The molecule has 3 rings (SSSR count). The van der Waals surface area contributed by atoms with Gasteiger partial charge < -0.3 is 10.6 Å². The molecule has 2 amide bonds. The molecule has 2 aromatic carbocycles. The van der Waals surface area contributed by atoms with Crippen LogP contribution in [-0.4, -0.2) is 17.3 Å². The fourth-order valence-electron chi connectivity index (χ4n) is 2.18. The summed E-state index contributed by atoms with van der Waals surface area (Å²) in [5.41, 5.74) is 0.310. The van der Waals surface area contributed by atoms with E-state index in [0.29, 0.717) is 5.69 Å². The second kappa shape index (κ2) is 7.34. The fraction of sp³-hybridized carbons (Fsp3) is 0.125. The van der Waals surface area contributed by atoms with Crippen molar-refractivity contribution in [1.29, 1.82) is 0 Å². The molecule has 0 unspecified atom stereocenters. The van der Waals surface area contributed by atoms with Gasteiger partial charge in [0.1, 0.15) is 0 Å². The van der Waals surface area contributed by atoms with Gasteiger partial charge in [0.25, 0.3) is 0 Å². The Morgan fingerprint density at radius 2 is 1.81 bits per heavy atom. The quantitative estimate of drug-likeness (QED) is 0.489. The zero-order chi connectivity index (χ0) is 18.9. The van der Waals surface area contributed by atoms with Gasteiger partial charge in [-0.15, -0.1) is 11.3 Å². The van der Waals surface area contributed by atoms with Crippen LogP contribution < -0.4 is 10.6 Å². The summed E-state index contributed by atoms with van der Waals surface area (Å²) in [5.74, 6) is 0. The van der Waals surface area contributed by atoms with Crippen molar-refractivity contribution in [2.24, 2.45) is 0 Å². The molecule has 26 heavy (non-hydrogen) atoms. The number of amides is 2. The monoisotopic (exact) mass is 417 g/mol. The number of urea groups is 1. The number of carbonyl (C=O) groups excluding carboxylic acids is 1. The summed E-state index contributed by atoms with van der Waals surface area (Å²) < 4.78 is 40.4. The van der Waals surface area contributed by atoms with Crippen molar-refractivity contribution in [3.05, 3.63) is 47.0 Å². The number of hydrogen-bond acceptors (Lipinski definition) is 4. The second-order valence-electron chi connectivity index (χ2n) is 5.14. The molecule has 1 aromatic heterocycles. The van der Waals surface area contributed by atoms with Gasteiger partial charge in [-0.2, -0.15) is 13.2 Å². The maximum absolute atomic E-state index is 12.9. The van der Waals surface area contributed by atoms with E-state index in [1.807, 2.05) is 6.26 Å². The van der Waals surface area contributed by atoms with Gasteiger partial charge in [-0.05, 0) is 42.7 Å². The van der Waals surface area contributed by atoms with E-state index in [9.17, 15) is 18.0 Å². The molecule has 0 aliphatic rings. The number of nitrogens with one attached hydrogen (secondary N) is 2. The topological polar surface area (TPSA) is 54.0 Å². The predicted molar refractivity (Wildman–Crippen MR) is 100 cm³/mol. The molecule has 0 aliphatic carbocycles. The third kappa shape index (κ3) is 4.22. The Bertz CT molecular complexity index is 975. The highest BCUT2D eigenvalue weighted by molar-refractivity contribution is 8.00. The van der Waals surface area contributed by atoms with Crippen LogP contribution >= 0.6 is 34.7 Å². The molecule has 1 heterocycles. The number of thioether (sulfide) groups is 1. The van der Waals surface area contributed by atoms with Crippen LogP contribution in [0.1, 0.15) is 5.56 Å². The molecule has 0 fully saturated rings. The van der Waals surface area contributed by atoms with Crippen molar-refractivity contribution in [1.82, 2.24) is 4.98 Å². The van der Waals surface area contributed by atoms with E-state index < -0.39 is 22.8 Å². The summed E-state index contributed by atoms with van der Waals surface area (Å²) in [5, 5.41) is 4.53. The van der Waals surface area contributed by atoms with Crippen LogP contribution in [0.5, 0.6) is 0 Å². The molecule has 10 heteroatoms. The van der Waals surface area contributed by atoms with Crippen molar-refractivity contribution in [3.8, 4) is 0 Å². The van der Waals surface area contributed by atoms with Crippen molar-refractivity contribution < 1.29 is 18.0 Å². The molecule has 136 valence electrons. The number of rotatable bonds is 3. The molecule has 0 aliphatic heterocycles. The summed E-state index contributed by atoms with van der Waals surface area (Å²) in [6.07, 6.45) is -2.68. The van der Waals surface area contributed by atoms with Crippen LogP contribution in [0.15, 0.2) is 40.7 Å². The third-order valence-corrected chi connectivity index (χ3v) is 5.66. The summed E-state index contributed by atoms with van der Waals surface area (Å²) >= 11 is 8.58. The van der Waals surface area contributed by atoms with Crippen LogP contribution in [0, 0.1) is 0 Å². The summed E-state index contributed by atoms with van der Waals surface area (Å²) in [4.78, 5) is 16.5. The number of nitrogens with zero attached hydrogens (tertiary/aromatic N) is 1. The predicted octanol–water partition coefficient (Wildman–Crippen LogP) is 6.33. The number of carbonyl (C=O) groups is 1. The number of benzene rings is 2. The first kappa shape index (κ1) is 18.8. The first-order valence-electron chi connectivity index (χ1n) is 7.15. The molecule has 4 nitrogen and oxygen atoms in total. The molecule has 0 saturated carbocycles. The number of hydrogen-bond donors (Lipinski definition) is 2. The molecule has 3 aromatic rings. The Morgan fingerprint density at radius 3 is 2.46 bits per heavy atom. The van der Waals surface area contributed by atoms with Gasteiger partial charge in [-0.3, -0.25) is 0 Å². The van der Waals surface area contributed by atoms with Crippen LogP contribution in [0.25, 0.3) is 10.2 Å². The average molecular weight is 418 g/mol. The number of anilines is 2.